The highest BCUT2D eigenvalue weighted by molar-refractivity contribution is 6.33. The smallest absolute Gasteiger partial charge is 0.247 e. The average Bonchev–Trinajstić information content (AvgIpc) is 3.37. The fraction of sp³-hybridized carbons (Fsp3) is 0.0435. The van der Waals surface area contributed by atoms with Gasteiger partial charge in [0, 0.05) is 16.5 Å². The van der Waals surface area contributed by atoms with Crippen LogP contribution in [0.15, 0.2) is 71.5 Å². The summed E-state index contributed by atoms with van der Waals surface area (Å²) in [7, 11) is 0. The first kappa shape index (κ1) is 17.6. The van der Waals surface area contributed by atoms with Gasteiger partial charge in [-0.1, -0.05) is 35.9 Å². The van der Waals surface area contributed by atoms with E-state index in [4.69, 9.17) is 16.0 Å². The highest BCUT2D eigenvalue weighted by atomic mass is 35.5. The summed E-state index contributed by atoms with van der Waals surface area (Å²) in [5, 5.41) is 9.13. The van der Waals surface area contributed by atoms with Crippen LogP contribution >= 0.6 is 11.6 Å². The molecule has 0 unspecified atom stereocenters. The van der Waals surface area contributed by atoms with Crippen molar-refractivity contribution in [2.45, 2.75) is 6.92 Å². The van der Waals surface area contributed by atoms with E-state index in [-0.39, 0.29) is 5.82 Å². The SMILES string of the molecule is Cc1c(-c2ccc3[nH]c(-c4c(F)cccc4Cl)cc3c2)cccc1-c1nnco1. The minimum Gasteiger partial charge on any atom is -0.423 e. The second-order valence-corrected chi connectivity index (χ2v) is 7.21. The number of aromatic nitrogens is 3. The van der Waals surface area contributed by atoms with Crippen LogP contribution < -0.4 is 0 Å². The van der Waals surface area contributed by atoms with Gasteiger partial charge in [0.25, 0.3) is 0 Å². The Morgan fingerprint density at radius 3 is 2.62 bits per heavy atom. The first-order chi connectivity index (χ1) is 14.1. The first-order valence-electron chi connectivity index (χ1n) is 9.05. The van der Waals surface area contributed by atoms with Crippen LogP contribution in [0.2, 0.25) is 5.02 Å². The molecule has 0 aliphatic heterocycles. The molecule has 0 bridgehead atoms. The number of halogens is 2. The Kier molecular flexibility index (Phi) is 4.18. The van der Waals surface area contributed by atoms with E-state index in [1.54, 1.807) is 12.1 Å². The second-order valence-electron chi connectivity index (χ2n) is 6.80. The number of hydrogen-bond donors (Lipinski definition) is 1. The van der Waals surface area contributed by atoms with Gasteiger partial charge in [0.05, 0.1) is 16.3 Å². The molecule has 0 fully saturated rings. The van der Waals surface area contributed by atoms with Gasteiger partial charge < -0.3 is 9.40 Å². The van der Waals surface area contributed by atoms with Crippen molar-refractivity contribution in [1.29, 1.82) is 0 Å². The number of nitrogens with one attached hydrogen (secondary N) is 1. The van der Waals surface area contributed by atoms with Crippen LogP contribution in [-0.4, -0.2) is 15.2 Å². The third-order valence-electron chi connectivity index (χ3n) is 5.09. The van der Waals surface area contributed by atoms with E-state index in [1.165, 1.54) is 12.5 Å². The van der Waals surface area contributed by atoms with Crippen molar-refractivity contribution in [3.05, 3.63) is 83.5 Å². The Labute approximate surface area is 171 Å². The normalized spacial score (nSPS) is 11.3. The average molecular weight is 404 g/mol. The molecule has 0 saturated carbocycles. The van der Waals surface area contributed by atoms with Crippen LogP contribution in [0.5, 0.6) is 0 Å². The number of rotatable bonds is 3. The van der Waals surface area contributed by atoms with Crippen molar-refractivity contribution in [2.75, 3.05) is 0 Å². The Bertz CT molecular complexity index is 1320. The van der Waals surface area contributed by atoms with Crippen molar-refractivity contribution in [1.82, 2.24) is 15.2 Å². The highest BCUT2D eigenvalue weighted by Crippen LogP contribution is 2.35. The number of hydrogen-bond acceptors (Lipinski definition) is 3. The summed E-state index contributed by atoms with van der Waals surface area (Å²) in [6, 6.07) is 18.7. The summed E-state index contributed by atoms with van der Waals surface area (Å²) >= 11 is 6.23. The Balaban J connectivity index is 1.62. The van der Waals surface area contributed by atoms with E-state index in [9.17, 15) is 4.39 Å². The van der Waals surface area contributed by atoms with Crippen molar-refractivity contribution in [2.24, 2.45) is 0 Å². The topological polar surface area (TPSA) is 54.7 Å². The second kappa shape index (κ2) is 6.87. The minimum atomic E-state index is -0.354. The van der Waals surface area contributed by atoms with Gasteiger partial charge in [0.2, 0.25) is 12.3 Å². The Morgan fingerprint density at radius 1 is 1.00 bits per heavy atom. The van der Waals surface area contributed by atoms with Gasteiger partial charge in [-0.25, -0.2) is 4.39 Å². The lowest BCUT2D eigenvalue weighted by Crippen LogP contribution is -1.89. The van der Waals surface area contributed by atoms with E-state index >= 15 is 0 Å². The zero-order valence-corrected chi connectivity index (χ0v) is 16.2. The standard InChI is InChI=1S/C23H15ClFN3O/c1-13-16(4-2-5-17(13)23-28-26-12-29-23)14-8-9-20-15(10-14)11-21(27-20)22-18(24)6-3-7-19(22)25/h2-12,27H,1H3. The first-order valence-corrected chi connectivity index (χ1v) is 9.43. The van der Waals surface area contributed by atoms with Crippen LogP contribution in [0, 0.1) is 12.7 Å². The van der Waals surface area contributed by atoms with Gasteiger partial charge in [-0.05, 0) is 60.0 Å². The zero-order chi connectivity index (χ0) is 20.0. The van der Waals surface area contributed by atoms with Gasteiger partial charge in [-0.3, -0.25) is 0 Å². The van der Waals surface area contributed by atoms with Crippen LogP contribution in [0.4, 0.5) is 4.39 Å². The molecule has 0 aliphatic rings. The van der Waals surface area contributed by atoms with E-state index in [1.807, 2.05) is 37.3 Å². The van der Waals surface area contributed by atoms with Crippen molar-refractivity contribution in [3.8, 4) is 33.8 Å². The lowest BCUT2D eigenvalue weighted by molar-refractivity contribution is 0.568. The molecule has 0 saturated heterocycles. The third kappa shape index (κ3) is 3.00. The number of aromatic amines is 1. The van der Waals surface area contributed by atoms with E-state index in [0.29, 0.717) is 22.2 Å². The fourth-order valence-corrected chi connectivity index (χ4v) is 3.93. The van der Waals surface area contributed by atoms with Gasteiger partial charge in [0.15, 0.2) is 0 Å². The van der Waals surface area contributed by atoms with Crippen LogP contribution in [-0.2, 0) is 0 Å². The lowest BCUT2D eigenvalue weighted by Gasteiger charge is -2.09. The molecule has 5 aromatic rings. The maximum atomic E-state index is 14.3. The van der Waals surface area contributed by atoms with Crippen LogP contribution in [0.25, 0.3) is 44.7 Å². The van der Waals surface area contributed by atoms with Gasteiger partial charge in [-0.15, -0.1) is 10.2 Å². The predicted octanol–water partition coefficient (Wildman–Crippen LogP) is 6.65. The maximum absolute atomic E-state index is 14.3. The van der Waals surface area contributed by atoms with E-state index < -0.39 is 0 Å². The monoisotopic (exact) mass is 403 g/mol. The molecule has 2 aromatic heterocycles. The van der Waals surface area contributed by atoms with Gasteiger partial charge in [-0.2, -0.15) is 0 Å². The molecule has 6 heteroatoms. The molecule has 0 spiro atoms. The summed E-state index contributed by atoms with van der Waals surface area (Å²) in [4.78, 5) is 3.26. The van der Waals surface area contributed by atoms with Crippen molar-refractivity contribution < 1.29 is 8.81 Å². The maximum Gasteiger partial charge on any atom is 0.247 e. The lowest BCUT2D eigenvalue weighted by atomic mass is 9.95. The molecule has 142 valence electrons. The Hall–Kier alpha value is -3.44. The molecule has 4 nitrogen and oxygen atoms in total. The summed E-state index contributed by atoms with van der Waals surface area (Å²) < 4.78 is 19.7. The third-order valence-corrected chi connectivity index (χ3v) is 5.40. The van der Waals surface area contributed by atoms with Crippen molar-refractivity contribution in [3.63, 3.8) is 0 Å². The minimum absolute atomic E-state index is 0.354. The summed E-state index contributed by atoms with van der Waals surface area (Å²) in [6.07, 6.45) is 1.32. The number of benzene rings is 3. The summed E-state index contributed by atoms with van der Waals surface area (Å²) in [6.45, 7) is 2.03. The quantitative estimate of drug-likeness (QED) is 0.366. The molecule has 0 aliphatic carbocycles. The number of nitrogens with zero attached hydrogens (tertiary/aromatic N) is 2. The molecule has 0 amide bonds. The number of H-pyrrole nitrogens is 1. The Morgan fingerprint density at radius 2 is 1.83 bits per heavy atom. The van der Waals surface area contributed by atoms with Crippen LogP contribution in [0.1, 0.15) is 5.56 Å². The molecule has 3 aromatic carbocycles. The predicted molar refractivity (Wildman–Crippen MR) is 112 cm³/mol. The summed E-state index contributed by atoms with van der Waals surface area (Å²) in [5.74, 6) is 0.135. The highest BCUT2D eigenvalue weighted by Gasteiger charge is 2.15. The molecule has 0 radical (unpaired) electrons. The van der Waals surface area contributed by atoms with Crippen molar-refractivity contribution >= 4 is 22.5 Å². The molecule has 29 heavy (non-hydrogen) atoms. The molecule has 0 atom stereocenters. The van der Waals surface area contributed by atoms with Gasteiger partial charge >= 0.3 is 0 Å². The molecular formula is C23H15ClFN3O. The molecular weight excluding hydrogens is 389 g/mol. The van der Waals surface area contributed by atoms with Crippen LogP contribution in [0.3, 0.4) is 0 Å². The zero-order valence-electron chi connectivity index (χ0n) is 15.4. The largest absolute Gasteiger partial charge is 0.423 e. The summed E-state index contributed by atoms with van der Waals surface area (Å²) in [5.41, 5.74) is 5.99. The van der Waals surface area contributed by atoms with E-state index in [0.717, 1.165) is 33.2 Å². The molecule has 5 rings (SSSR count). The van der Waals surface area contributed by atoms with Gasteiger partial charge in [0.1, 0.15) is 5.82 Å². The number of fused-ring (bicyclic) bond motifs is 1. The van der Waals surface area contributed by atoms with E-state index in [2.05, 4.69) is 27.3 Å². The fourth-order valence-electron chi connectivity index (χ4n) is 3.66. The molecule has 1 N–H and O–H groups in total. The molecule has 2 heterocycles.